The number of hydrogen-bond acceptors (Lipinski definition) is 4. The number of carbonyl (C=O) groups excluding carboxylic acids is 2. The lowest BCUT2D eigenvalue weighted by molar-refractivity contribution is -0.140. The Bertz CT molecular complexity index is 1410. The Morgan fingerprint density at radius 3 is 2.17 bits per heavy atom. The summed E-state index contributed by atoms with van der Waals surface area (Å²) in [4.78, 5) is 29.0. The first-order chi connectivity index (χ1) is 19.0. The van der Waals surface area contributed by atoms with E-state index in [1.165, 1.54) is 17.0 Å². The first kappa shape index (κ1) is 31.2. The first-order valence-corrected chi connectivity index (χ1v) is 15.3. The highest BCUT2D eigenvalue weighted by atomic mass is 35.5. The molecule has 3 aromatic rings. The molecule has 3 rings (SSSR count). The number of hydrogen-bond donors (Lipinski definition) is 1. The fraction of sp³-hybridized carbons (Fsp3) is 0.355. The number of carbonyl (C=O) groups is 2. The number of sulfonamides is 1. The van der Waals surface area contributed by atoms with Crippen LogP contribution < -0.4 is 9.62 Å². The summed E-state index contributed by atoms with van der Waals surface area (Å²) < 4.78 is 29.1. The van der Waals surface area contributed by atoms with E-state index in [4.69, 9.17) is 11.6 Å². The van der Waals surface area contributed by atoms with E-state index < -0.39 is 28.5 Å². The van der Waals surface area contributed by atoms with Crippen LogP contribution in [-0.2, 0) is 26.2 Å². The lowest BCUT2D eigenvalue weighted by atomic mass is 10.1. The van der Waals surface area contributed by atoms with Crippen LogP contribution in [0.15, 0.2) is 77.7 Å². The number of nitrogens with zero attached hydrogens (tertiary/aromatic N) is 2. The van der Waals surface area contributed by atoms with Gasteiger partial charge in [0.05, 0.1) is 10.6 Å². The molecule has 0 aliphatic carbocycles. The lowest BCUT2D eigenvalue weighted by Crippen LogP contribution is -2.53. The Balaban J connectivity index is 2.08. The van der Waals surface area contributed by atoms with E-state index in [0.717, 1.165) is 21.9 Å². The van der Waals surface area contributed by atoms with Crippen molar-refractivity contribution in [3.63, 3.8) is 0 Å². The second-order valence-corrected chi connectivity index (χ2v) is 12.3. The molecular formula is C31H38ClN3O4S. The van der Waals surface area contributed by atoms with Crippen molar-refractivity contribution in [1.29, 1.82) is 0 Å². The van der Waals surface area contributed by atoms with Gasteiger partial charge >= 0.3 is 0 Å². The van der Waals surface area contributed by atoms with Crippen molar-refractivity contribution < 1.29 is 18.0 Å². The molecule has 0 bridgehead atoms. The van der Waals surface area contributed by atoms with Crippen LogP contribution in [0, 0.1) is 13.8 Å². The fourth-order valence-electron chi connectivity index (χ4n) is 4.37. The summed E-state index contributed by atoms with van der Waals surface area (Å²) >= 11 is 6.08. The number of aryl methyl sites for hydroxylation is 2. The van der Waals surface area contributed by atoms with Crippen LogP contribution in [0.1, 0.15) is 50.3 Å². The molecule has 214 valence electrons. The maximum atomic E-state index is 14.1. The minimum absolute atomic E-state index is 0.0704. The summed E-state index contributed by atoms with van der Waals surface area (Å²) in [5, 5.41) is 3.54. The molecule has 0 fully saturated rings. The summed E-state index contributed by atoms with van der Waals surface area (Å²) in [6, 6.07) is 19.7. The van der Waals surface area contributed by atoms with Crippen LogP contribution in [0.25, 0.3) is 0 Å². The van der Waals surface area contributed by atoms with Gasteiger partial charge in [0.25, 0.3) is 10.0 Å². The van der Waals surface area contributed by atoms with E-state index in [9.17, 15) is 18.0 Å². The molecule has 0 saturated heterocycles. The molecule has 40 heavy (non-hydrogen) atoms. The Labute approximate surface area is 243 Å². The molecule has 0 radical (unpaired) electrons. The Kier molecular flexibility index (Phi) is 10.8. The van der Waals surface area contributed by atoms with Crippen molar-refractivity contribution in [1.82, 2.24) is 10.2 Å². The molecule has 2 amide bonds. The van der Waals surface area contributed by atoms with E-state index in [1.54, 1.807) is 48.5 Å². The predicted octanol–water partition coefficient (Wildman–Crippen LogP) is 5.87. The van der Waals surface area contributed by atoms with Crippen LogP contribution in [0.3, 0.4) is 0 Å². The van der Waals surface area contributed by atoms with Gasteiger partial charge in [-0.3, -0.25) is 13.9 Å². The summed E-state index contributed by atoms with van der Waals surface area (Å²) in [5.74, 6) is -0.759. The van der Waals surface area contributed by atoms with E-state index in [2.05, 4.69) is 5.32 Å². The van der Waals surface area contributed by atoms with E-state index in [1.807, 2.05) is 46.8 Å². The Morgan fingerprint density at radius 1 is 0.925 bits per heavy atom. The topological polar surface area (TPSA) is 86.8 Å². The maximum absolute atomic E-state index is 14.1. The average molecular weight is 584 g/mol. The van der Waals surface area contributed by atoms with Gasteiger partial charge in [0.15, 0.2) is 0 Å². The lowest BCUT2D eigenvalue weighted by Gasteiger charge is -2.34. The molecule has 1 N–H and O–H groups in total. The molecular weight excluding hydrogens is 546 g/mol. The van der Waals surface area contributed by atoms with Crippen LogP contribution in [0.5, 0.6) is 0 Å². The SMILES string of the molecule is CC[C@@H](C)NC(=O)[C@@H](CC)N(Cc1ccc(Cl)cc1)C(=O)CN(c1cc(C)ccc1C)S(=O)(=O)c1ccccc1. The highest BCUT2D eigenvalue weighted by molar-refractivity contribution is 7.92. The smallest absolute Gasteiger partial charge is 0.264 e. The number of amides is 2. The van der Waals surface area contributed by atoms with Gasteiger partial charge < -0.3 is 10.2 Å². The van der Waals surface area contributed by atoms with Gasteiger partial charge in [-0.25, -0.2) is 8.42 Å². The molecule has 3 aromatic carbocycles. The highest BCUT2D eigenvalue weighted by Gasteiger charge is 2.34. The minimum Gasteiger partial charge on any atom is -0.352 e. The van der Waals surface area contributed by atoms with E-state index >= 15 is 0 Å². The highest BCUT2D eigenvalue weighted by Crippen LogP contribution is 2.28. The van der Waals surface area contributed by atoms with Crippen molar-refractivity contribution in [2.75, 3.05) is 10.8 Å². The Morgan fingerprint density at radius 2 is 1.57 bits per heavy atom. The third-order valence-corrected chi connectivity index (χ3v) is 8.92. The quantitative estimate of drug-likeness (QED) is 0.289. The summed E-state index contributed by atoms with van der Waals surface area (Å²) in [5.41, 5.74) is 2.76. The fourth-order valence-corrected chi connectivity index (χ4v) is 5.99. The minimum atomic E-state index is -4.11. The van der Waals surface area contributed by atoms with Crippen molar-refractivity contribution in [2.24, 2.45) is 0 Å². The maximum Gasteiger partial charge on any atom is 0.264 e. The van der Waals surface area contributed by atoms with E-state index in [-0.39, 0.29) is 23.4 Å². The van der Waals surface area contributed by atoms with Gasteiger partial charge in [-0.15, -0.1) is 0 Å². The van der Waals surface area contributed by atoms with Gasteiger partial charge in [0, 0.05) is 17.6 Å². The third kappa shape index (κ3) is 7.64. The third-order valence-electron chi connectivity index (χ3n) is 6.90. The van der Waals surface area contributed by atoms with Crippen LogP contribution in [0.4, 0.5) is 5.69 Å². The molecule has 0 unspecified atom stereocenters. The summed E-state index contributed by atoms with van der Waals surface area (Å²) in [6.45, 7) is 9.05. The molecule has 0 spiro atoms. The number of benzene rings is 3. The molecule has 9 heteroatoms. The monoisotopic (exact) mass is 583 g/mol. The second-order valence-electron chi connectivity index (χ2n) is 10.0. The molecule has 0 aromatic heterocycles. The number of nitrogens with one attached hydrogen (secondary N) is 1. The van der Waals surface area contributed by atoms with Gasteiger partial charge in [-0.2, -0.15) is 0 Å². The normalized spacial score (nSPS) is 12.8. The predicted molar refractivity (Wildman–Crippen MR) is 161 cm³/mol. The second kappa shape index (κ2) is 13.8. The van der Waals surface area contributed by atoms with Crippen molar-refractivity contribution in [3.8, 4) is 0 Å². The van der Waals surface area contributed by atoms with Crippen LogP contribution in [0.2, 0.25) is 5.02 Å². The number of rotatable bonds is 12. The van der Waals surface area contributed by atoms with Gasteiger partial charge in [-0.05, 0) is 80.6 Å². The summed E-state index contributed by atoms with van der Waals surface area (Å²) in [7, 11) is -4.11. The van der Waals surface area contributed by atoms with Gasteiger partial charge in [-0.1, -0.05) is 67.9 Å². The largest absolute Gasteiger partial charge is 0.352 e. The zero-order valence-corrected chi connectivity index (χ0v) is 25.3. The van der Waals surface area contributed by atoms with E-state index in [0.29, 0.717) is 22.7 Å². The molecule has 0 aliphatic heterocycles. The molecule has 0 aliphatic rings. The molecule has 0 heterocycles. The average Bonchev–Trinajstić information content (AvgIpc) is 2.94. The zero-order valence-electron chi connectivity index (χ0n) is 23.7. The number of halogens is 1. The van der Waals surface area contributed by atoms with Crippen molar-refractivity contribution >= 4 is 39.1 Å². The summed E-state index contributed by atoms with van der Waals surface area (Å²) in [6.07, 6.45) is 1.10. The zero-order chi connectivity index (χ0) is 29.4. The van der Waals surface area contributed by atoms with Gasteiger partial charge in [0.2, 0.25) is 11.8 Å². The Hall–Kier alpha value is -3.36. The molecule has 2 atom stereocenters. The van der Waals surface area contributed by atoms with Crippen molar-refractivity contribution in [3.05, 3.63) is 94.5 Å². The van der Waals surface area contributed by atoms with Gasteiger partial charge in [0.1, 0.15) is 12.6 Å². The van der Waals surface area contributed by atoms with Crippen LogP contribution in [-0.4, -0.2) is 43.8 Å². The standard InChI is InChI=1S/C31H38ClN3O4S/c1-6-24(5)33-31(37)28(7-2)34(20-25-15-17-26(32)18-16-25)30(36)21-35(29-19-22(3)13-14-23(29)4)40(38,39)27-11-9-8-10-12-27/h8-19,24,28H,6-7,20-21H2,1-5H3,(H,33,37)/t24-,28-/m1/s1. The van der Waals surface area contributed by atoms with Crippen LogP contribution >= 0.6 is 11.6 Å². The molecule has 7 nitrogen and oxygen atoms in total. The first-order valence-electron chi connectivity index (χ1n) is 13.5. The number of anilines is 1. The molecule has 0 saturated carbocycles. The van der Waals surface area contributed by atoms with Crippen molar-refractivity contribution in [2.45, 2.75) is 71.0 Å².